The quantitative estimate of drug-likeness (QED) is 0.854. The van der Waals surface area contributed by atoms with Crippen molar-refractivity contribution in [3.05, 3.63) is 58.5 Å². The molecule has 1 heterocycles. The Kier molecular flexibility index (Phi) is 4.34. The molecule has 0 aliphatic rings. The smallest absolute Gasteiger partial charge is 0.250 e. The molecule has 0 aliphatic heterocycles. The van der Waals surface area contributed by atoms with Gasteiger partial charge in [0, 0.05) is 30.6 Å². The maximum Gasteiger partial charge on any atom is 0.250 e. The number of nitrogen functional groups attached to an aromatic ring is 1. The van der Waals surface area contributed by atoms with E-state index in [0.717, 1.165) is 12.1 Å². The largest absolute Gasteiger partial charge is 0.493 e. The molecule has 1 aromatic heterocycles. The van der Waals surface area contributed by atoms with Gasteiger partial charge >= 0.3 is 0 Å². The monoisotopic (exact) mass is 280 g/mol. The lowest BCUT2D eigenvalue weighted by atomic mass is 10.3. The van der Waals surface area contributed by atoms with Gasteiger partial charge in [-0.2, -0.15) is 0 Å². The summed E-state index contributed by atoms with van der Waals surface area (Å²) >= 11 is 0. The molecule has 0 fully saturated rings. The molecule has 0 radical (unpaired) electrons. The molecule has 106 valence electrons. The van der Waals surface area contributed by atoms with Crippen molar-refractivity contribution in [3.63, 3.8) is 0 Å². The predicted molar refractivity (Wildman–Crippen MR) is 71.6 cm³/mol. The Hall–Kier alpha value is -2.37. The maximum atomic E-state index is 12.9. The highest BCUT2D eigenvalue weighted by molar-refractivity contribution is 5.33. The highest BCUT2D eigenvalue weighted by Gasteiger charge is 2.03. The zero-order valence-electron chi connectivity index (χ0n) is 10.7. The number of pyridine rings is 1. The minimum Gasteiger partial charge on any atom is -0.493 e. The Balaban J connectivity index is 1.86. The van der Waals surface area contributed by atoms with Gasteiger partial charge in [0.05, 0.1) is 6.61 Å². The van der Waals surface area contributed by atoms with Crippen LogP contribution in [0.5, 0.6) is 5.75 Å². The van der Waals surface area contributed by atoms with Gasteiger partial charge in [0.2, 0.25) is 0 Å². The highest BCUT2D eigenvalue weighted by Crippen LogP contribution is 2.15. The van der Waals surface area contributed by atoms with Gasteiger partial charge in [0.15, 0.2) is 11.6 Å². The summed E-state index contributed by atoms with van der Waals surface area (Å²) in [6, 6.07) is 6.28. The van der Waals surface area contributed by atoms with Crippen molar-refractivity contribution >= 4 is 5.69 Å². The first kappa shape index (κ1) is 14.0. The van der Waals surface area contributed by atoms with Crippen LogP contribution in [0.4, 0.5) is 14.5 Å². The number of benzene rings is 1. The summed E-state index contributed by atoms with van der Waals surface area (Å²) in [7, 11) is 0. The number of nitrogens with two attached hydrogens (primary N) is 1. The van der Waals surface area contributed by atoms with Crippen LogP contribution < -0.4 is 16.0 Å². The Morgan fingerprint density at radius 3 is 2.70 bits per heavy atom. The topological polar surface area (TPSA) is 57.2 Å². The zero-order chi connectivity index (χ0) is 14.5. The van der Waals surface area contributed by atoms with E-state index >= 15 is 0 Å². The molecule has 0 unspecified atom stereocenters. The second kappa shape index (κ2) is 6.18. The third kappa shape index (κ3) is 3.57. The first-order valence-corrected chi connectivity index (χ1v) is 6.10. The number of anilines is 1. The van der Waals surface area contributed by atoms with E-state index in [1.54, 1.807) is 6.20 Å². The van der Waals surface area contributed by atoms with Crippen molar-refractivity contribution < 1.29 is 13.5 Å². The fourth-order valence-electron chi connectivity index (χ4n) is 1.72. The van der Waals surface area contributed by atoms with Crippen molar-refractivity contribution in [2.24, 2.45) is 0 Å². The molecule has 0 aliphatic carbocycles. The first-order valence-electron chi connectivity index (χ1n) is 6.10. The normalized spacial score (nSPS) is 10.5. The first-order chi connectivity index (χ1) is 9.56. The molecule has 0 atom stereocenters. The van der Waals surface area contributed by atoms with Crippen LogP contribution in [0, 0.1) is 11.6 Å². The number of ether oxygens (including phenoxy) is 1. The molecule has 0 spiro atoms. The molecule has 4 nitrogen and oxygen atoms in total. The molecular formula is C14H14F2N2O2. The Morgan fingerprint density at radius 1 is 1.15 bits per heavy atom. The second-order valence-electron chi connectivity index (χ2n) is 4.27. The second-order valence-corrected chi connectivity index (χ2v) is 4.27. The molecule has 2 aromatic rings. The molecule has 6 heteroatoms. The molecule has 2 N–H and O–H groups in total. The summed E-state index contributed by atoms with van der Waals surface area (Å²) in [5.74, 6) is -1.61. The molecule has 0 bridgehead atoms. The zero-order valence-corrected chi connectivity index (χ0v) is 10.7. The van der Waals surface area contributed by atoms with Crippen molar-refractivity contribution in [1.82, 2.24) is 4.57 Å². The van der Waals surface area contributed by atoms with Crippen LogP contribution in [-0.2, 0) is 6.54 Å². The predicted octanol–water partition coefficient (Wildman–Crippen LogP) is 2.18. The van der Waals surface area contributed by atoms with Gasteiger partial charge in [0.25, 0.3) is 5.56 Å². The van der Waals surface area contributed by atoms with Gasteiger partial charge in [-0.15, -0.1) is 0 Å². The number of aromatic nitrogens is 1. The molecule has 20 heavy (non-hydrogen) atoms. The molecular weight excluding hydrogens is 266 g/mol. The Morgan fingerprint density at radius 2 is 1.95 bits per heavy atom. The summed E-state index contributed by atoms with van der Waals surface area (Å²) in [6.45, 7) is 0.722. The van der Waals surface area contributed by atoms with Crippen LogP contribution in [0.25, 0.3) is 0 Å². The van der Waals surface area contributed by atoms with E-state index in [4.69, 9.17) is 10.5 Å². The van der Waals surface area contributed by atoms with Gasteiger partial charge < -0.3 is 15.0 Å². The van der Waals surface area contributed by atoms with Gasteiger partial charge in [-0.05, 0) is 24.6 Å². The molecule has 1 aromatic carbocycles. The Bertz CT molecular complexity index is 656. The fourth-order valence-corrected chi connectivity index (χ4v) is 1.72. The van der Waals surface area contributed by atoms with E-state index < -0.39 is 11.6 Å². The van der Waals surface area contributed by atoms with Crippen LogP contribution in [0.3, 0.4) is 0 Å². The van der Waals surface area contributed by atoms with Crippen molar-refractivity contribution in [2.45, 2.75) is 13.0 Å². The average molecular weight is 280 g/mol. The summed E-state index contributed by atoms with van der Waals surface area (Å²) in [5.41, 5.74) is 5.94. The van der Waals surface area contributed by atoms with Crippen molar-refractivity contribution in [2.75, 3.05) is 12.3 Å². The van der Waals surface area contributed by atoms with E-state index in [2.05, 4.69) is 0 Å². The average Bonchev–Trinajstić information content (AvgIpc) is 2.42. The van der Waals surface area contributed by atoms with Gasteiger partial charge in [-0.3, -0.25) is 4.79 Å². The summed E-state index contributed by atoms with van der Waals surface area (Å²) in [6.07, 6.45) is 2.10. The lowest BCUT2D eigenvalue weighted by Crippen LogP contribution is -2.20. The number of hydrogen-bond acceptors (Lipinski definition) is 3. The van der Waals surface area contributed by atoms with Crippen molar-refractivity contribution in [1.29, 1.82) is 0 Å². The lowest BCUT2D eigenvalue weighted by Gasteiger charge is -2.08. The maximum absolute atomic E-state index is 12.9. The van der Waals surface area contributed by atoms with E-state index in [1.807, 2.05) is 0 Å². The van der Waals surface area contributed by atoms with Crippen LogP contribution in [-0.4, -0.2) is 11.2 Å². The SMILES string of the molecule is Nc1ccc(=O)n(CCCOc2ccc(F)c(F)c2)c1. The van der Waals surface area contributed by atoms with E-state index in [1.165, 1.54) is 22.8 Å². The summed E-state index contributed by atoms with van der Waals surface area (Å²) in [5, 5.41) is 0. The lowest BCUT2D eigenvalue weighted by molar-refractivity contribution is 0.298. The molecule has 0 amide bonds. The van der Waals surface area contributed by atoms with Crippen LogP contribution in [0.15, 0.2) is 41.3 Å². The van der Waals surface area contributed by atoms with Crippen molar-refractivity contribution in [3.8, 4) is 5.75 Å². The third-order valence-corrected chi connectivity index (χ3v) is 2.71. The van der Waals surface area contributed by atoms with Crippen LogP contribution in [0.1, 0.15) is 6.42 Å². The Labute approximate surface area is 114 Å². The number of hydrogen-bond donors (Lipinski definition) is 1. The number of rotatable bonds is 5. The number of nitrogens with zero attached hydrogens (tertiary/aromatic N) is 1. The summed E-state index contributed by atoms with van der Waals surface area (Å²) < 4.78 is 32.4. The molecule has 0 saturated heterocycles. The third-order valence-electron chi connectivity index (χ3n) is 2.71. The van der Waals surface area contributed by atoms with Crippen LogP contribution in [0.2, 0.25) is 0 Å². The number of aryl methyl sites for hydroxylation is 1. The minimum atomic E-state index is -0.949. The van der Waals surface area contributed by atoms with Gasteiger partial charge in [-0.1, -0.05) is 0 Å². The van der Waals surface area contributed by atoms with Gasteiger partial charge in [0.1, 0.15) is 5.75 Å². The van der Waals surface area contributed by atoms with Gasteiger partial charge in [-0.25, -0.2) is 8.78 Å². The fraction of sp³-hybridized carbons (Fsp3) is 0.214. The van der Waals surface area contributed by atoms with E-state index in [0.29, 0.717) is 18.7 Å². The minimum absolute atomic E-state index is 0.146. The highest BCUT2D eigenvalue weighted by atomic mass is 19.2. The summed E-state index contributed by atoms with van der Waals surface area (Å²) in [4.78, 5) is 11.5. The standard InChI is InChI=1S/C14H14F2N2O2/c15-12-4-3-11(8-13(12)16)20-7-1-6-18-9-10(17)2-5-14(18)19/h2-5,8-9H,1,6-7,17H2. The van der Waals surface area contributed by atoms with E-state index in [-0.39, 0.29) is 17.9 Å². The molecule has 2 rings (SSSR count). The number of halogens is 2. The molecule has 0 saturated carbocycles. The van der Waals surface area contributed by atoms with Crippen LogP contribution >= 0.6 is 0 Å². The van der Waals surface area contributed by atoms with E-state index in [9.17, 15) is 13.6 Å².